The number of ether oxygens (including phenoxy) is 3. The molecule has 9 nitrogen and oxygen atoms in total. The Morgan fingerprint density at radius 2 is 1.34 bits per heavy atom. The Kier molecular flexibility index (Phi) is 9.31. The van der Waals surface area contributed by atoms with Crippen LogP contribution in [0.25, 0.3) is 0 Å². The highest BCUT2D eigenvalue weighted by Gasteiger charge is 2.19. The zero-order chi connectivity index (χ0) is 24.5. The van der Waals surface area contributed by atoms with Gasteiger partial charge in [0.15, 0.2) is 11.6 Å². The van der Waals surface area contributed by atoms with Gasteiger partial charge < -0.3 is 19.9 Å². The van der Waals surface area contributed by atoms with Crippen LogP contribution in [0.2, 0.25) is 0 Å². The van der Waals surface area contributed by atoms with Crippen LogP contribution >= 0.6 is 0 Å². The van der Waals surface area contributed by atoms with Crippen molar-refractivity contribution in [3.05, 3.63) is 36.5 Å². The summed E-state index contributed by atoms with van der Waals surface area (Å²) in [5, 5.41) is 5.14. The number of aromatic nitrogens is 1. The summed E-state index contributed by atoms with van der Waals surface area (Å²) in [6.45, 7) is 14.6. The summed E-state index contributed by atoms with van der Waals surface area (Å²) in [5.74, 6) is 0.916. The van der Waals surface area contributed by atoms with Gasteiger partial charge in [-0.1, -0.05) is 13.8 Å². The van der Waals surface area contributed by atoms with Crippen molar-refractivity contribution >= 4 is 29.4 Å². The lowest BCUT2D eigenvalue weighted by molar-refractivity contribution is 0.0624. The Bertz CT molecular complexity index is 900. The number of benzene rings is 1. The van der Waals surface area contributed by atoms with Crippen molar-refractivity contribution in [1.29, 1.82) is 0 Å². The average molecular weight is 447 g/mol. The number of pyridine rings is 1. The molecule has 4 N–H and O–H groups in total. The van der Waals surface area contributed by atoms with E-state index in [0.29, 0.717) is 17.2 Å². The van der Waals surface area contributed by atoms with Gasteiger partial charge in [-0.05, 0) is 65.8 Å². The maximum Gasteiger partial charge on any atom is 0.413 e. The highest BCUT2D eigenvalue weighted by atomic mass is 16.6. The van der Waals surface area contributed by atoms with Gasteiger partial charge in [0.2, 0.25) is 0 Å². The molecule has 0 fully saturated rings. The molecule has 0 unspecified atom stereocenters. The van der Waals surface area contributed by atoms with Crippen molar-refractivity contribution < 1.29 is 23.8 Å². The quantitative estimate of drug-likeness (QED) is 0.512. The molecule has 0 saturated carbocycles. The fourth-order valence-corrected chi connectivity index (χ4v) is 2.20. The largest absolute Gasteiger partial charge is 0.455 e. The predicted molar refractivity (Wildman–Crippen MR) is 126 cm³/mol. The summed E-state index contributed by atoms with van der Waals surface area (Å²) in [5.41, 5.74) is 5.53. The maximum absolute atomic E-state index is 11.9. The number of rotatable bonds is 4. The number of hydrogen-bond donors (Lipinski definition) is 3. The molecule has 1 aromatic heterocycles. The Balaban J connectivity index is 0.00000249. The number of nitrogen functional groups attached to an aromatic ring is 1. The van der Waals surface area contributed by atoms with Gasteiger partial charge in [0.1, 0.15) is 22.6 Å². The van der Waals surface area contributed by atoms with Crippen LogP contribution in [0.15, 0.2) is 36.5 Å². The van der Waals surface area contributed by atoms with Gasteiger partial charge in [0, 0.05) is 18.0 Å². The van der Waals surface area contributed by atoms with E-state index in [2.05, 4.69) is 15.6 Å². The van der Waals surface area contributed by atoms with Gasteiger partial charge in [-0.3, -0.25) is 10.6 Å². The number of carbonyl (C=O) groups excluding carboxylic acids is 2. The van der Waals surface area contributed by atoms with E-state index in [9.17, 15) is 9.59 Å². The van der Waals surface area contributed by atoms with Crippen LogP contribution in [0, 0.1) is 0 Å². The third-order valence-corrected chi connectivity index (χ3v) is 3.30. The molecule has 2 rings (SSSR count). The molecule has 1 aromatic carbocycles. The Labute approximate surface area is 189 Å². The van der Waals surface area contributed by atoms with Crippen LogP contribution in [-0.2, 0) is 9.47 Å². The fourth-order valence-electron chi connectivity index (χ4n) is 2.20. The molecule has 32 heavy (non-hydrogen) atoms. The smallest absolute Gasteiger partial charge is 0.413 e. The minimum absolute atomic E-state index is 0.130. The first-order chi connectivity index (χ1) is 14.8. The Morgan fingerprint density at radius 3 is 1.84 bits per heavy atom. The molecule has 176 valence electrons. The highest BCUT2D eigenvalue weighted by molar-refractivity contribution is 5.88. The summed E-state index contributed by atoms with van der Waals surface area (Å²) >= 11 is 0. The number of nitrogens with two attached hydrogens (primary N) is 1. The molecule has 2 amide bonds. The molecule has 0 aliphatic rings. The monoisotopic (exact) mass is 446 g/mol. The van der Waals surface area contributed by atoms with Crippen molar-refractivity contribution in [3.8, 4) is 11.5 Å². The topological polar surface area (TPSA) is 125 Å². The average Bonchev–Trinajstić information content (AvgIpc) is 2.65. The number of anilines is 3. The second kappa shape index (κ2) is 11.2. The number of carbonyl (C=O) groups is 2. The fraction of sp³-hybridized carbons (Fsp3) is 0.435. The first-order valence-corrected chi connectivity index (χ1v) is 10.3. The molecular formula is C23H34N4O5. The minimum Gasteiger partial charge on any atom is -0.455 e. The summed E-state index contributed by atoms with van der Waals surface area (Å²) < 4.78 is 16.2. The molecular weight excluding hydrogens is 412 g/mol. The van der Waals surface area contributed by atoms with Gasteiger partial charge in [0.25, 0.3) is 0 Å². The van der Waals surface area contributed by atoms with Crippen molar-refractivity contribution in [1.82, 2.24) is 4.98 Å². The maximum atomic E-state index is 11.9. The number of nitrogens with one attached hydrogen (secondary N) is 2. The second-order valence-corrected chi connectivity index (χ2v) is 8.45. The molecule has 1 heterocycles. The van der Waals surface area contributed by atoms with E-state index in [1.807, 2.05) is 13.8 Å². The van der Waals surface area contributed by atoms with Crippen LogP contribution in [0.4, 0.5) is 26.8 Å². The van der Waals surface area contributed by atoms with Crippen molar-refractivity contribution in [2.24, 2.45) is 0 Å². The third kappa shape index (κ3) is 9.55. The molecule has 9 heteroatoms. The van der Waals surface area contributed by atoms with Crippen LogP contribution in [0.3, 0.4) is 0 Å². The van der Waals surface area contributed by atoms with Crippen molar-refractivity contribution in [2.75, 3.05) is 16.4 Å². The van der Waals surface area contributed by atoms with E-state index in [1.165, 1.54) is 6.20 Å². The molecule has 0 atom stereocenters. The number of amides is 2. The van der Waals surface area contributed by atoms with Crippen LogP contribution in [0.5, 0.6) is 11.5 Å². The first kappa shape index (κ1) is 26.5. The van der Waals surface area contributed by atoms with Crippen molar-refractivity contribution in [2.45, 2.75) is 66.6 Å². The van der Waals surface area contributed by atoms with Gasteiger partial charge >= 0.3 is 12.2 Å². The van der Waals surface area contributed by atoms with Gasteiger partial charge in [0.05, 0.1) is 0 Å². The lowest BCUT2D eigenvalue weighted by Gasteiger charge is -2.20. The van der Waals surface area contributed by atoms with Crippen LogP contribution < -0.4 is 21.1 Å². The van der Waals surface area contributed by atoms with Gasteiger partial charge in [-0.2, -0.15) is 0 Å². The normalized spacial score (nSPS) is 10.9. The zero-order valence-corrected chi connectivity index (χ0v) is 20.0. The third-order valence-electron chi connectivity index (χ3n) is 3.30. The summed E-state index contributed by atoms with van der Waals surface area (Å²) in [4.78, 5) is 27.8. The van der Waals surface area contributed by atoms with Gasteiger partial charge in [-0.15, -0.1) is 0 Å². The molecule has 0 aliphatic carbocycles. The highest BCUT2D eigenvalue weighted by Crippen LogP contribution is 2.32. The Morgan fingerprint density at radius 1 is 0.844 bits per heavy atom. The first-order valence-electron chi connectivity index (χ1n) is 10.3. The van der Waals surface area contributed by atoms with Crippen molar-refractivity contribution in [3.63, 3.8) is 0 Å². The van der Waals surface area contributed by atoms with E-state index < -0.39 is 23.4 Å². The van der Waals surface area contributed by atoms with E-state index in [0.717, 1.165) is 0 Å². The van der Waals surface area contributed by atoms with Crippen LogP contribution in [-0.4, -0.2) is 28.4 Å². The Hall–Kier alpha value is -3.49. The van der Waals surface area contributed by atoms with Crippen LogP contribution in [0.1, 0.15) is 55.4 Å². The SMILES string of the molecule is CC.CC(C)(C)OC(=O)Nc1ccc(Oc2ccnc(NC(=O)OC(C)(C)C)c2N)cc1. The van der Waals surface area contributed by atoms with E-state index >= 15 is 0 Å². The number of nitrogens with zero attached hydrogens (tertiary/aromatic N) is 1. The summed E-state index contributed by atoms with van der Waals surface area (Å²) in [6.07, 6.45) is 0.237. The standard InChI is InChI=1S/C21H28N4O5.C2H6/c1-20(2,3)29-18(26)24-13-7-9-14(10-8-13)28-15-11-12-23-17(16(15)22)25-19(27)30-21(4,5)6;1-2/h7-12H,22H2,1-6H3,(H,24,26)(H,23,25,27);1-2H3. The molecule has 0 radical (unpaired) electrons. The molecule has 0 bridgehead atoms. The predicted octanol–water partition coefficient (Wildman–Crippen LogP) is 6.18. The van der Waals surface area contributed by atoms with E-state index in [4.69, 9.17) is 19.9 Å². The van der Waals surface area contributed by atoms with Gasteiger partial charge in [-0.25, -0.2) is 14.6 Å². The second-order valence-electron chi connectivity index (χ2n) is 8.45. The summed E-state index contributed by atoms with van der Waals surface area (Å²) in [7, 11) is 0. The molecule has 0 aliphatic heterocycles. The van der Waals surface area contributed by atoms with E-state index in [1.54, 1.807) is 71.9 Å². The van der Waals surface area contributed by atoms with E-state index in [-0.39, 0.29) is 11.5 Å². The molecule has 0 spiro atoms. The minimum atomic E-state index is -0.670. The zero-order valence-electron chi connectivity index (χ0n) is 20.0. The molecule has 0 saturated heterocycles. The molecule has 2 aromatic rings. The lowest BCUT2D eigenvalue weighted by Crippen LogP contribution is -2.27. The summed E-state index contributed by atoms with van der Waals surface area (Å²) in [6, 6.07) is 8.22. The lowest BCUT2D eigenvalue weighted by atomic mass is 10.2. The number of hydrogen-bond acceptors (Lipinski definition) is 7.